The Labute approximate surface area is 139 Å². The first-order valence-corrected chi connectivity index (χ1v) is 7.48. The lowest BCUT2D eigenvalue weighted by molar-refractivity contribution is 0.337. The summed E-state index contributed by atoms with van der Waals surface area (Å²) in [5, 5.41) is 10.5. The van der Waals surface area contributed by atoms with Crippen LogP contribution in [0.15, 0.2) is 51.9 Å². The quantitative estimate of drug-likeness (QED) is 0.684. The van der Waals surface area contributed by atoms with Crippen LogP contribution >= 0.6 is 11.6 Å². The minimum absolute atomic E-state index is 0.261. The first-order valence-electron chi connectivity index (χ1n) is 7.10. The van der Waals surface area contributed by atoms with Crippen molar-refractivity contribution in [2.75, 3.05) is 0 Å². The average molecular weight is 327 g/mol. The van der Waals surface area contributed by atoms with Gasteiger partial charge in [-0.3, -0.25) is 4.99 Å². The van der Waals surface area contributed by atoms with E-state index in [-0.39, 0.29) is 11.6 Å². The van der Waals surface area contributed by atoms with Gasteiger partial charge in [-0.05, 0) is 49.7 Å². The van der Waals surface area contributed by atoms with Crippen LogP contribution in [0.25, 0.3) is 11.5 Å². The van der Waals surface area contributed by atoms with Crippen LogP contribution < -0.4 is 0 Å². The minimum Gasteiger partial charge on any atom is -0.479 e. The monoisotopic (exact) mass is 326 g/mol. The Morgan fingerprint density at radius 3 is 2.57 bits per heavy atom. The molecule has 0 aliphatic carbocycles. The van der Waals surface area contributed by atoms with E-state index >= 15 is 0 Å². The van der Waals surface area contributed by atoms with E-state index in [1.165, 1.54) is 11.8 Å². The van der Waals surface area contributed by atoms with Crippen LogP contribution in [0.5, 0.6) is 5.95 Å². The Morgan fingerprint density at radius 1 is 1.13 bits per heavy atom. The number of aromatic hydroxyl groups is 1. The van der Waals surface area contributed by atoms with Crippen LogP contribution in [-0.4, -0.2) is 16.3 Å². The van der Waals surface area contributed by atoms with Crippen LogP contribution in [0, 0.1) is 13.8 Å². The van der Waals surface area contributed by atoms with E-state index in [2.05, 4.69) is 16.0 Å². The van der Waals surface area contributed by atoms with Gasteiger partial charge in [0.25, 0.3) is 0 Å². The fourth-order valence-corrected chi connectivity index (χ4v) is 2.33. The molecule has 1 aromatic heterocycles. The van der Waals surface area contributed by atoms with Gasteiger partial charge in [-0.2, -0.15) is 0 Å². The molecule has 2 aromatic carbocycles. The van der Waals surface area contributed by atoms with Crippen molar-refractivity contribution in [2.45, 2.75) is 13.8 Å². The van der Waals surface area contributed by atoms with Gasteiger partial charge in [0.05, 0.1) is 11.9 Å². The zero-order valence-electron chi connectivity index (χ0n) is 12.7. The number of oxazole rings is 1. The van der Waals surface area contributed by atoms with Crippen LogP contribution in [-0.2, 0) is 0 Å². The molecule has 0 amide bonds. The Balaban J connectivity index is 1.89. The molecule has 0 bridgehead atoms. The maximum absolute atomic E-state index is 9.89. The number of aromatic nitrogens is 1. The van der Waals surface area contributed by atoms with Crippen LogP contribution in [0.2, 0.25) is 5.02 Å². The van der Waals surface area contributed by atoms with Gasteiger partial charge >= 0.3 is 5.95 Å². The highest BCUT2D eigenvalue weighted by molar-refractivity contribution is 6.30. The van der Waals surface area contributed by atoms with Crippen molar-refractivity contribution in [1.82, 2.24) is 4.98 Å². The largest absolute Gasteiger partial charge is 0.479 e. The van der Waals surface area contributed by atoms with Gasteiger partial charge in [0.1, 0.15) is 0 Å². The molecule has 0 spiro atoms. The Hall–Kier alpha value is -2.59. The molecule has 5 heteroatoms. The highest BCUT2D eigenvalue weighted by Gasteiger charge is 2.12. The first kappa shape index (κ1) is 15.3. The van der Waals surface area contributed by atoms with Crippen LogP contribution in [0.3, 0.4) is 0 Å². The minimum atomic E-state index is -0.261. The highest BCUT2D eigenvalue weighted by atomic mass is 35.5. The predicted octanol–water partition coefficient (Wildman–Crippen LogP) is 5.07. The maximum Gasteiger partial charge on any atom is 0.312 e. The summed E-state index contributed by atoms with van der Waals surface area (Å²) in [5.41, 5.74) is 4.08. The fourth-order valence-electron chi connectivity index (χ4n) is 2.20. The number of halogens is 1. The molecular formula is C18H15ClN2O2. The molecule has 0 aliphatic heterocycles. The van der Waals surface area contributed by atoms with Crippen molar-refractivity contribution >= 4 is 23.5 Å². The summed E-state index contributed by atoms with van der Waals surface area (Å²) >= 11 is 5.86. The topological polar surface area (TPSA) is 58.6 Å². The molecule has 4 nitrogen and oxygen atoms in total. The normalized spacial score (nSPS) is 11.3. The van der Waals surface area contributed by atoms with E-state index in [9.17, 15) is 5.11 Å². The second-order valence-corrected chi connectivity index (χ2v) is 5.70. The average Bonchev–Trinajstić information content (AvgIpc) is 2.88. The van der Waals surface area contributed by atoms with E-state index < -0.39 is 0 Å². The number of rotatable bonds is 3. The zero-order chi connectivity index (χ0) is 16.4. The van der Waals surface area contributed by atoms with Gasteiger partial charge in [0.15, 0.2) is 5.69 Å². The van der Waals surface area contributed by atoms with Gasteiger partial charge in [-0.25, -0.2) is 4.98 Å². The molecule has 116 valence electrons. The van der Waals surface area contributed by atoms with E-state index in [1.54, 1.807) is 24.3 Å². The molecule has 1 N–H and O–H groups in total. The lowest BCUT2D eigenvalue weighted by Gasteiger charge is -2.00. The van der Waals surface area contributed by atoms with E-state index in [0.717, 1.165) is 16.8 Å². The summed E-state index contributed by atoms with van der Waals surface area (Å²) in [7, 11) is 0. The summed E-state index contributed by atoms with van der Waals surface area (Å²) in [6.45, 7) is 4.02. The van der Waals surface area contributed by atoms with Gasteiger partial charge in [0.2, 0.25) is 5.89 Å². The highest BCUT2D eigenvalue weighted by Crippen LogP contribution is 2.27. The summed E-state index contributed by atoms with van der Waals surface area (Å²) in [6.07, 6.45) is 1.50. The molecule has 0 aliphatic rings. The number of aryl methyl sites for hydroxylation is 2. The van der Waals surface area contributed by atoms with Crippen molar-refractivity contribution in [2.24, 2.45) is 4.99 Å². The van der Waals surface area contributed by atoms with E-state index in [0.29, 0.717) is 10.9 Å². The second kappa shape index (κ2) is 6.26. The Morgan fingerprint density at radius 2 is 1.87 bits per heavy atom. The number of hydrogen-bond donors (Lipinski definition) is 1. The van der Waals surface area contributed by atoms with Gasteiger partial charge in [-0.1, -0.05) is 29.3 Å². The van der Waals surface area contributed by atoms with Crippen LogP contribution in [0.1, 0.15) is 16.8 Å². The number of aliphatic imine (C=N–C) groups is 1. The molecule has 0 unspecified atom stereocenters. The van der Waals surface area contributed by atoms with E-state index in [1.807, 2.05) is 26.0 Å². The molecule has 1 heterocycles. The van der Waals surface area contributed by atoms with Crippen molar-refractivity contribution in [3.63, 3.8) is 0 Å². The second-order valence-electron chi connectivity index (χ2n) is 5.26. The standard InChI is InChI=1S/C18H15ClN2O2/c1-11-3-8-15(12(2)9-11)20-10-16-18(22)23-17(21-16)13-4-6-14(19)7-5-13/h3-10,22H,1-2H3. The first-order chi connectivity index (χ1) is 11.0. The molecule has 0 saturated heterocycles. The Kier molecular flexibility index (Phi) is 4.17. The van der Waals surface area contributed by atoms with Gasteiger partial charge in [-0.15, -0.1) is 0 Å². The Bertz CT molecular complexity index is 867. The fraction of sp³-hybridized carbons (Fsp3) is 0.111. The molecule has 23 heavy (non-hydrogen) atoms. The number of nitrogens with zero attached hydrogens (tertiary/aromatic N) is 2. The van der Waals surface area contributed by atoms with Crippen molar-refractivity contribution in [3.05, 3.63) is 64.3 Å². The lowest BCUT2D eigenvalue weighted by atomic mass is 10.1. The molecule has 3 rings (SSSR count). The van der Waals surface area contributed by atoms with E-state index in [4.69, 9.17) is 16.0 Å². The lowest BCUT2D eigenvalue weighted by Crippen LogP contribution is -1.84. The van der Waals surface area contributed by atoms with Crippen molar-refractivity contribution < 1.29 is 9.52 Å². The molecule has 0 saturated carbocycles. The third-order valence-corrected chi connectivity index (χ3v) is 3.66. The van der Waals surface area contributed by atoms with Crippen molar-refractivity contribution in [3.8, 4) is 17.4 Å². The number of benzene rings is 2. The van der Waals surface area contributed by atoms with Gasteiger partial charge in [0, 0.05) is 10.6 Å². The zero-order valence-corrected chi connectivity index (χ0v) is 13.5. The summed E-state index contributed by atoms with van der Waals surface area (Å²) in [5.74, 6) is 0.0599. The molecule has 0 radical (unpaired) electrons. The maximum atomic E-state index is 9.89. The SMILES string of the molecule is Cc1ccc(N=Cc2nc(-c3ccc(Cl)cc3)oc2O)c(C)c1. The molecule has 0 atom stereocenters. The summed E-state index contributed by atoms with van der Waals surface area (Å²) in [4.78, 5) is 8.63. The molecule has 3 aromatic rings. The summed E-state index contributed by atoms with van der Waals surface area (Å²) in [6, 6.07) is 13.0. The van der Waals surface area contributed by atoms with Gasteiger partial charge < -0.3 is 9.52 Å². The molecule has 0 fully saturated rings. The third-order valence-electron chi connectivity index (χ3n) is 3.40. The number of hydrogen-bond acceptors (Lipinski definition) is 4. The smallest absolute Gasteiger partial charge is 0.312 e. The molecular weight excluding hydrogens is 312 g/mol. The van der Waals surface area contributed by atoms with Crippen molar-refractivity contribution in [1.29, 1.82) is 0 Å². The van der Waals surface area contributed by atoms with Crippen LogP contribution in [0.4, 0.5) is 5.69 Å². The summed E-state index contributed by atoms with van der Waals surface area (Å²) < 4.78 is 5.29. The predicted molar refractivity (Wildman–Crippen MR) is 91.8 cm³/mol. The third kappa shape index (κ3) is 3.43.